The number of halogens is 1. The number of carbonyl (C=O) groups excluding carboxylic acids is 1. The molecule has 1 aliphatic heterocycles. The molecule has 1 aliphatic rings. The summed E-state index contributed by atoms with van der Waals surface area (Å²) in [6, 6.07) is 5.19. The van der Waals surface area contributed by atoms with Gasteiger partial charge in [-0.1, -0.05) is 22.0 Å². The molecule has 1 heterocycles. The first-order valence-corrected chi connectivity index (χ1v) is 9.65. The number of carbonyl (C=O) groups is 1. The summed E-state index contributed by atoms with van der Waals surface area (Å²) in [6.45, 7) is 3.38. The molecule has 124 valence electrons. The SMILES string of the molecule is CC1(C)SC=CC=C(S(=O)(=O)c2ccc(Br)cc2)N1C(=O)NO. The monoisotopic (exact) mass is 418 g/mol. The van der Waals surface area contributed by atoms with Gasteiger partial charge in [0, 0.05) is 4.47 Å². The summed E-state index contributed by atoms with van der Waals surface area (Å²) >= 11 is 4.51. The zero-order valence-electron chi connectivity index (χ0n) is 12.4. The Kier molecular flexibility index (Phi) is 5.24. The Morgan fingerprint density at radius 3 is 2.48 bits per heavy atom. The van der Waals surface area contributed by atoms with Gasteiger partial charge in [-0.25, -0.2) is 18.7 Å². The van der Waals surface area contributed by atoms with Crippen molar-refractivity contribution in [3.8, 4) is 0 Å². The van der Waals surface area contributed by atoms with Gasteiger partial charge in [0.05, 0.1) is 9.77 Å². The largest absolute Gasteiger partial charge is 0.347 e. The second-order valence-electron chi connectivity index (χ2n) is 5.11. The zero-order valence-corrected chi connectivity index (χ0v) is 15.6. The van der Waals surface area contributed by atoms with Crippen molar-refractivity contribution >= 4 is 43.6 Å². The fourth-order valence-corrected chi connectivity index (χ4v) is 4.70. The zero-order chi connectivity index (χ0) is 17.3. The molecule has 0 unspecified atom stereocenters. The number of benzene rings is 1. The number of hydrogen-bond acceptors (Lipinski definition) is 5. The number of hydrogen-bond donors (Lipinski definition) is 2. The summed E-state index contributed by atoms with van der Waals surface area (Å²) in [4.78, 5) is 12.3. The van der Waals surface area contributed by atoms with Crippen LogP contribution in [0.2, 0.25) is 0 Å². The molecule has 9 heteroatoms. The normalized spacial score (nSPS) is 17.4. The maximum Gasteiger partial charge on any atom is 0.347 e. The lowest BCUT2D eigenvalue weighted by atomic mass is 10.3. The standard InChI is InChI=1S/C14H15BrN2O4S2/c1-14(2)17(13(18)16-19)12(4-3-9-22-14)23(20,21)11-7-5-10(15)6-8-11/h3-9,19H,1-2H3,(H,16,18). The number of hydroxylamine groups is 1. The van der Waals surface area contributed by atoms with Gasteiger partial charge < -0.3 is 0 Å². The molecule has 23 heavy (non-hydrogen) atoms. The summed E-state index contributed by atoms with van der Waals surface area (Å²) < 4.78 is 26.6. The van der Waals surface area contributed by atoms with Crippen molar-refractivity contribution in [2.24, 2.45) is 0 Å². The fraction of sp³-hybridized carbons (Fsp3) is 0.214. The van der Waals surface area contributed by atoms with E-state index in [0.29, 0.717) is 0 Å². The van der Waals surface area contributed by atoms with Crippen LogP contribution >= 0.6 is 27.7 Å². The van der Waals surface area contributed by atoms with Crippen LogP contribution in [0.25, 0.3) is 0 Å². The number of nitrogens with one attached hydrogen (secondary N) is 1. The van der Waals surface area contributed by atoms with Crippen LogP contribution in [0.3, 0.4) is 0 Å². The first kappa shape index (κ1) is 18.1. The average Bonchev–Trinajstić information content (AvgIpc) is 2.65. The van der Waals surface area contributed by atoms with Gasteiger partial charge in [0.15, 0.2) is 0 Å². The Hall–Kier alpha value is -1.29. The van der Waals surface area contributed by atoms with Crippen molar-refractivity contribution in [1.29, 1.82) is 0 Å². The van der Waals surface area contributed by atoms with E-state index >= 15 is 0 Å². The van der Waals surface area contributed by atoms with Crippen molar-refractivity contribution in [2.45, 2.75) is 23.6 Å². The van der Waals surface area contributed by atoms with E-state index in [4.69, 9.17) is 5.21 Å². The minimum atomic E-state index is -3.95. The average molecular weight is 419 g/mol. The molecule has 2 N–H and O–H groups in total. The minimum absolute atomic E-state index is 0.0544. The quantitative estimate of drug-likeness (QED) is 0.567. The Bertz CT molecular complexity index is 770. The third kappa shape index (κ3) is 3.63. The van der Waals surface area contributed by atoms with Crippen LogP contribution in [-0.4, -0.2) is 29.4 Å². The molecule has 0 bridgehead atoms. The van der Waals surface area contributed by atoms with E-state index < -0.39 is 20.7 Å². The van der Waals surface area contributed by atoms with Crippen molar-refractivity contribution in [3.63, 3.8) is 0 Å². The lowest BCUT2D eigenvalue weighted by Crippen LogP contribution is -2.49. The predicted octanol–water partition coefficient (Wildman–Crippen LogP) is 3.46. The summed E-state index contributed by atoms with van der Waals surface area (Å²) in [5.41, 5.74) is 1.51. The number of urea groups is 1. The topological polar surface area (TPSA) is 86.7 Å². The second-order valence-corrected chi connectivity index (χ2v) is 9.43. The van der Waals surface area contributed by atoms with Crippen molar-refractivity contribution in [3.05, 3.63) is 51.3 Å². The molecule has 0 atom stereocenters. The third-order valence-electron chi connectivity index (χ3n) is 3.13. The molecule has 0 fully saturated rings. The second kappa shape index (κ2) is 6.68. The molecule has 0 saturated heterocycles. The summed E-state index contributed by atoms with van der Waals surface area (Å²) in [5, 5.41) is 10.5. The van der Waals surface area contributed by atoms with E-state index in [1.165, 1.54) is 35.5 Å². The number of thioether (sulfide) groups is 1. The summed E-state index contributed by atoms with van der Waals surface area (Å²) in [6.07, 6.45) is 2.90. The molecule has 0 aromatic heterocycles. The van der Waals surface area contributed by atoms with Gasteiger partial charge in [-0.05, 0) is 49.6 Å². The molecule has 0 saturated carbocycles. The van der Waals surface area contributed by atoms with Gasteiger partial charge in [0.1, 0.15) is 5.03 Å². The van der Waals surface area contributed by atoms with Crippen LogP contribution in [0.5, 0.6) is 0 Å². The molecule has 1 aromatic rings. The Morgan fingerprint density at radius 1 is 1.30 bits per heavy atom. The van der Waals surface area contributed by atoms with E-state index in [0.717, 1.165) is 9.37 Å². The lowest BCUT2D eigenvalue weighted by molar-refractivity contribution is 0.129. The van der Waals surface area contributed by atoms with Crippen LogP contribution in [-0.2, 0) is 9.84 Å². The third-order valence-corrected chi connectivity index (χ3v) is 6.47. The molecule has 6 nitrogen and oxygen atoms in total. The maximum absolute atomic E-state index is 12.9. The molecule has 0 aliphatic carbocycles. The van der Waals surface area contributed by atoms with E-state index in [1.54, 1.807) is 37.5 Å². The highest BCUT2D eigenvalue weighted by Gasteiger charge is 2.40. The molecule has 0 spiro atoms. The van der Waals surface area contributed by atoms with Crippen molar-refractivity contribution < 1.29 is 18.4 Å². The van der Waals surface area contributed by atoms with E-state index in [9.17, 15) is 13.2 Å². The molecule has 2 amide bonds. The number of sulfone groups is 1. The Labute approximate surface area is 147 Å². The smallest absolute Gasteiger partial charge is 0.287 e. The number of allylic oxidation sites excluding steroid dienone is 2. The Morgan fingerprint density at radius 2 is 1.91 bits per heavy atom. The van der Waals surface area contributed by atoms with Crippen molar-refractivity contribution in [1.82, 2.24) is 10.4 Å². The summed E-state index contributed by atoms with van der Waals surface area (Å²) in [7, 11) is -3.95. The highest BCUT2D eigenvalue weighted by Crippen LogP contribution is 2.38. The van der Waals surface area contributed by atoms with Crippen LogP contribution in [0.1, 0.15) is 13.8 Å². The molecule has 2 rings (SSSR count). The predicted molar refractivity (Wildman–Crippen MR) is 92.4 cm³/mol. The van der Waals surface area contributed by atoms with Crippen LogP contribution in [0.15, 0.2) is 56.2 Å². The van der Waals surface area contributed by atoms with Crippen LogP contribution < -0.4 is 5.48 Å². The van der Waals surface area contributed by atoms with Crippen LogP contribution in [0.4, 0.5) is 4.79 Å². The molecular formula is C14H15BrN2O4S2. The fourth-order valence-electron chi connectivity index (χ4n) is 2.06. The minimum Gasteiger partial charge on any atom is -0.287 e. The molecule has 1 aromatic carbocycles. The number of nitrogens with zero attached hydrogens (tertiary/aromatic N) is 1. The first-order valence-electron chi connectivity index (χ1n) is 6.50. The highest BCUT2D eigenvalue weighted by atomic mass is 79.9. The first-order chi connectivity index (χ1) is 10.7. The molecule has 0 radical (unpaired) electrons. The van der Waals surface area contributed by atoms with Crippen molar-refractivity contribution in [2.75, 3.05) is 0 Å². The highest BCUT2D eigenvalue weighted by molar-refractivity contribution is 9.10. The van der Waals surface area contributed by atoms with E-state index in [-0.39, 0.29) is 9.92 Å². The van der Waals surface area contributed by atoms with Gasteiger partial charge >= 0.3 is 6.03 Å². The number of amides is 2. The summed E-state index contributed by atoms with van der Waals surface area (Å²) in [5.74, 6) is 0. The van der Waals surface area contributed by atoms with Gasteiger partial charge in [-0.2, -0.15) is 0 Å². The van der Waals surface area contributed by atoms with Crippen LogP contribution in [0, 0.1) is 0 Å². The number of rotatable bonds is 2. The van der Waals surface area contributed by atoms with Gasteiger partial charge in [0.25, 0.3) is 0 Å². The maximum atomic E-state index is 12.9. The van der Waals surface area contributed by atoms with Gasteiger partial charge in [-0.15, -0.1) is 11.8 Å². The lowest BCUT2D eigenvalue weighted by Gasteiger charge is -2.36. The molecular weight excluding hydrogens is 404 g/mol. The van der Waals surface area contributed by atoms with Gasteiger partial charge in [-0.3, -0.25) is 10.1 Å². The van der Waals surface area contributed by atoms with Gasteiger partial charge in [0.2, 0.25) is 9.84 Å². The van der Waals surface area contributed by atoms with E-state index in [1.807, 2.05) is 0 Å². The van der Waals surface area contributed by atoms with E-state index in [2.05, 4.69) is 15.9 Å². The Balaban J connectivity index is 2.60.